The monoisotopic (exact) mass is 311 g/mol. The standard InChI is InChI=1S/C15H21NO4S/c1-2-19-15-11(4-3-6-17)12(10-5-7-21-9-10)8-13(20-15)14(16)18/h5,7-9,11-12,15,17H,2-4,6H2,1H3,(H2,16,18)/t11-,12-,15-/m0/s1. The minimum atomic E-state index is -0.583. The lowest BCUT2D eigenvalue weighted by Gasteiger charge is -2.36. The Hall–Kier alpha value is -1.37. The fraction of sp³-hybridized carbons (Fsp3) is 0.533. The molecular formula is C15H21NO4S. The zero-order chi connectivity index (χ0) is 15.2. The zero-order valence-corrected chi connectivity index (χ0v) is 12.8. The molecule has 116 valence electrons. The molecule has 1 aromatic heterocycles. The Bertz CT molecular complexity index is 486. The van der Waals surface area contributed by atoms with E-state index < -0.39 is 12.2 Å². The molecule has 5 nitrogen and oxygen atoms in total. The SMILES string of the molecule is CCO[C@H]1OC(C(N)=O)=C[C@@H](c2ccsc2)[C@@H]1CCCO. The molecule has 0 saturated heterocycles. The third-order valence-electron chi connectivity index (χ3n) is 3.58. The smallest absolute Gasteiger partial charge is 0.283 e. The zero-order valence-electron chi connectivity index (χ0n) is 12.0. The molecule has 0 spiro atoms. The quantitative estimate of drug-likeness (QED) is 0.807. The molecule has 3 atom stereocenters. The van der Waals surface area contributed by atoms with E-state index in [2.05, 4.69) is 5.38 Å². The molecule has 1 amide bonds. The molecule has 6 heteroatoms. The summed E-state index contributed by atoms with van der Waals surface area (Å²) in [5.74, 6) is -0.365. The van der Waals surface area contributed by atoms with Crippen molar-refractivity contribution in [1.82, 2.24) is 0 Å². The molecule has 1 aliphatic rings. The number of nitrogens with two attached hydrogens (primary N) is 1. The number of amides is 1. The highest BCUT2D eigenvalue weighted by molar-refractivity contribution is 7.08. The van der Waals surface area contributed by atoms with Crippen molar-refractivity contribution in [2.75, 3.05) is 13.2 Å². The van der Waals surface area contributed by atoms with Crippen molar-refractivity contribution in [2.45, 2.75) is 32.0 Å². The van der Waals surface area contributed by atoms with Crippen LogP contribution < -0.4 is 5.73 Å². The fourth-order valence-electron chi connectivity index (χ4n) is 2.62. The molecular weight excluding hydrogens is 290 g/mol. The van der Waals surface area contributed by atoms with Gasteiger partial charge in [0, 0.05) is 25.0 Å². The van der Waals surface area contributed by atoms with Crippen molar-refractivity contribution in [3.05, 3.63) is 34.2 Å². The van der Waals surface area contributed by atoms with E-state index in [0.717, 1.165) is 12.0 Å². The number of aliphatic hydroxyl groups excluding tert-OH is 1. The highest BCUT2D eigenvalue weighted by atomic mass is 32.1. The van der Waals surface area contributed by atoms with Crippen molar-refractivity contribution in [3.8, 4) is 0 Å². The number of primary amides is 1. The van der Waals surface area contributed by atoms with Gasteiger partial charge in [0.2, 0.25) is 6.29 Å². The Morgan fingerprint density at radius 1 is 1.57 bits per heavy atom. The summed E-state index contributed by atoms with van der Waals surface area (Å²) in [5.41, 5.74) is 6.48. The van der Waals surface area contributed by atoms with Gasteiger partial charge in [-0.05, 0) is 48.2 Å². The predicted molar refractivity (Wildman–Crippen MR) is 80.6 cm³/mol. The van der Waals surface area contributed by atoms with E-state index >= 15 is 0 Å². The molecule has 1 aromatic rings. The molecule has 0 radical (unpaired) electrons. The van der Waals surface area contributed by atoms with Crippen LogP contribution in [0.3, 0.4) is 0 Å². The molecule has 2 heterocycles. The topological polar surface area (TPSA) is 81.8 Å². The van der Waals surface area contributed by atoms with E-state index in [0.29, 0.717) is 13.0 Å². The maximum Gasteiger partial charge on any atom is 0.283 e. The lowest BCUT2D eigenvalue weighted by atomic mass is 9.81. The number of hydrogen-bond donors (Lipinski definition) is 2. The summed E-state index contributed by atoms with van der Waals surface area (Å²) in [6.07, 6.45) is 2.68. The molecule has 3 N–H and O–H groups in total. The molecule has 1 aliphatic heterocycles. The summed E-state index contributed by atoms with van der Waals surface area (Å²) in [4.78, 5) is 11.5. The number of carbonyl (C=O) groups excluding carboxylic acids is 1. The maximum absolute atomic E-state index is 11.5. The first kappa shape index (κ1) is 16.0. The lowest BCUT2D eigenvalue weighted by Crippen LogP contribution is -2.37. The van der Waals surface area contributed by atoms with Crippen molar-refractivity contribution in [1.29, 1.82) is 0 Å². The number of aliphatic hydroxyl groups is 1. The van der Waals surface area contributed by atoms with Crippen molar-refractivity contribution >= 4 is 17.2 Å². The van der Waals surface area contributed by atoms with Crippen molar-refractivity contribution in [3.63, 3.8) is 0 Å². The van der Waals surface area contributed by atoms with Gasteiger partial charge >= 0.3 is 0 Å². The number of rotatable bonds is 7. The minimum Gasteiger partial charge on any atom is -0.459 e. The minimum absolute atomic E-state index is 0.00981. The molecule has 0 aliphatic carbocycles. The summed E-state index contributed by atoms with van der Waals surface area (Å²) < 4.78 is 11.3. The van der Waals surface area contributed by atoms with Crippen LogP contribution in [0.25, 0.3) is 0 Å². The van der Waals surface area contributed by atoms with Crippen LogP contribution in [0.15, 0.2) is 28.7 Å². The molecule has 0 unspecified atom stereocenters. The predicted octanol–water partition coefficient (Wildman–Crippen LogP) is 1.98. The highest BCUT2D eigenvalue weighted by Gasteiger charge is 2.37. The Balaban J connectivity index is 2.32. The number of allylic oxidation sites excluding steroid dienone is 1. The molecule has 2 rings (SSSR count). The van der Waals surface area contributed by atoms with Gasteiger partial charge in [-0.3, -0.25) is 4.79 Å². The summed E-state index contributed by atoms with van der Waals surface area (Å²) >= 11 is 1.61. The third kappa shape index (κ3) is 3.84. The largest absolute Gasteiger partial charge is 0.459 e. The van der Waals surface area contributed by atoms with E-state index in [9.17, 15) is 4.79 Å². The van der Waals surface area contributed by atoms with E-state index in [1.165, 1.54) is 0 Å². The van der Waals surface area contributed by atoms with Crippen LogP contribution in [-0.4, -0.2) is 30.5 Å². The highest BCUT2D eigenvalue weighted by Crippen LogP contribution is 2.39. The molecule has 0 saturated carbocycles. The van der Waals surface area contributed by atoms with Gasteiger partial charge in [0.25, 0.3) is 5.91 Å². The van der Waals surface area contributed by atoms with Crippen LogP contribution in [0.1, 0.15) is 31.2 Å². The molecule has 21 heavy (non-hydrogen) atoms. The van der Waals surface area contributed by atoms with Crippen LogP contribution in [0.4, 0.5) is 0 Å². The number of thiophene rings is 1. The Morgan fingerprint density at radius 2 is 2.38 bits per heavy atom. The fourth-order valence-corrected chi connectivity index (χ4v) is 3.33. The van der Waals surface area contributed by atoms with Crippen LogP contribution in [-0.2, 0) is 14.3 Å². The van der Waals surface area contributed by atoms with E-state index in [-0.39, 0.29) is 24.2 Å². The molecule has 0 aromatic carbocycles. The van der Waals surface area contributed by atoms with E-state index in [1.54, 1.807) is 17.4 Å². The summed E-state index contributed by atoms with van der Waals surface area (Å²) in [7, 11) is 0. The first-order chi connectivity index (χ1) is 10.2. The Kier molecular flexibility index (Phi) is 5.78. The van der Waals surface area contributed by atoms with Crippen LogP contribution in [0, 0.1) is 5.92 Å². The Morgan fingerprint density at radius 3 is 2.95 bits per heavy atom. The van der Waals surface area contributed by atoms with Crippen molar-refractivity contribution in [2.24, 2.45) is 11.7 Å². The summed E-state index contributed by atoms with van der Waals surface area (Å²) in [5, 5.41) is 13.2. The average molecular weight is 311 g/mol. The van der Waals surface area contributed by atoms with Gasteiger partial charge in [-0.15, -0.1) is 0 Å². The van der Waals surface area contributed by atoms with Crippen LogP contribution >= 0.6 is 11.3 Å². The first-order valence-electron chi connectivity index (χ1n) is 7.10. The van der Waals surface area contributed by atoms with Crippen LogP contribution in [0.5, 0.6) is 0 Å². The van der Waals surface area contributed by atoms with Gasteiger partial charge in [0.15, 0.2) is 5.76 Å². The number of carbonyl (C=O) groups is 1. The lowest BCUT2D eigenvalue weighted by molar-refractivity contribution is -0.165. The van der Waals surface area contributed by atoms with E-state index in [1.807, 2.05) is 18.4 Å². The third-order valence-corrected chi connectivity index (χ3v) is 4.28. The second-order valence-corrected chi connectivity index (χ2v) is 5.73. The van der Waals surface area contributed by atoms with Gasteiger partial charge in [0.1, 0.15) is 0 Å². The van der Waals surface area contributed by atoms with Gasteiger partial charge in [-0.25, -0.2) is 0 Å². The van der Waals surface area contributed by atoms with Crippen LogP contribution in [0.2, 0.25) is 0 Å². The Labute approximate surface area is 128 Å². The average Bonchev–Trinajstić information content (AvgIpc) is 2.99. The normalized spacial score (nSPS) is 25.2. The maximum atomic E-state index is 11.5. The van der Waals surface area contributed by atoms with Gasteiger partial charge in [0.05, 0.1) is 0 Å². The van der Waals surface area contributed by atoms with Gasteiger partial charge in [-0.2, -0.15) is 11.3 Å². The van der Waals surface area contributed by atoms with Crippen molar-refractivity contribution < 1.29 is 19.4 Å². The first-order valence-corrected chi connectivity index (χ1v) is 8.04. The van der Waals surface area contributed by atoms with E-state index in [4.69, 9.17) is 20.3 Å². The second kappa shape index (κ2) is 7.59. The second-order valence-electron chi connectivity index (χ2n) is 4.95. The number of ether oxygens (including phenoxy) is 2. The number of hydrogen-bond acceptors (Lipinski definition) is 5. The van der Waals surface area contributed by atoms with Gasteiger partial charge < -0.3 is 20.3 Å². The molecule has 0 bridgehead atoms. The summed E-state index contributed by atoms with van der Waals surface area (Å²) in [6.45, 7) is 2.50. The summed E-state index contributed by atoms with van der Waals surface area (Å²) in [6, 6.07) is 2.03. The molecule has 0 fully saturated rings. The van der Waals surface area contributed by atoms with Gasteiger partial charge in [-0.1, -0.05) is 0 Å².